The Morgan fingerprint density at radius 3 is 2.34 bits per heavy atom. The van der Waals surface area contributed by atoms with Gasteiger partial charge in [0.05, 0.1) is 12.0 Å². The van der Waals surface area contributed by atoms with Crippen LogP contribution in [0, 0.1) is 5.41 Å². The lowest BCUT2D eigenvalue weighted by atomic mass is 9.84. The normalized spacial score (nSPS) is 15.4. The molecule has 1 aliphatic carbocycles. The van der Waals surface area contributed by atoms with Gasteiger partial charge in [0.2, 0.25) is 5.91 Å². The van der Waals surface area contributed by atoms with Gasteiger partial charge in [-0.05, 0) is 30.5 Å². The predicted molar refractivity (Wildman–Crippen MR) is 127 cm³/mol. The fourth-order valence-corrected chi connectivity index (χ4v) is 3.60. The summed E-state index contributed by atoms with van der Waals surface area (Å²) in [6.45, 7) is 2.36. The molecule has 0 heterocycles. The smallest absolute Gasteiger partial charge is 0.230 e. The Kier molecular flexibility index (Phi) is 11.3. The molecule has 1 aromatic carbocycles. The quantitative estimate of drug-likeness (QED) is 0.228. The first-order chi connectivity index (χ1) is 13.5. The number of ether oxygens (including phenoxy) is 2. The average molecular weight is 518 g/mol. The van der Waals surface area contributed by atoms with Crippen molar-refractivity contribution in [3.8, 4) is 5.75 Å². The molecule has 1 fully saturated rings. The van der Waals surface area contributed by atoms with E-state index in [0.717, 1.165) is 37.0 Å². The molecule has 1 saturated carbocycles. The first-order valence-electron chi connectivity index (χ1n) is 9.88. The standard InChI is InChI=1S/C21H34N4O3.HI/c1-22-20(24-16-21(11-5-6-12-21)19(26)25(2)3)23-15-17-7-9-18(10-8-17)28-14-13-27-4;/h7-10H,5-6,11-16H2,1-4H3,(H2,22,23,24);1H. The number of nitrogens with zero attached hydrogens (tertiary/aromatic N) is 2. The first-order valence-corrected chi connectivity index (χ1v) is 9.88. The Bertz CT molecular complexity index is 644. The monoisotopic (exact) mass is 518 g/mol. The highest BCUT2D eigenvalue weighted by atomic mass is 127. The van der Waals surface area contributed by atoms with Gasteiger partial charge in [0.25, 0.3) is 0 Å². The van der Waals surface area contributed by atoms with E-state index in [2.05, 4.69) is 15.6 Å². The SMILES string of the molecule is CN=C(NCc1ccc(OCCOC)cc1)NCC1(C(=O)N(C)C)CCCC1.I. The molecular weight excluding hydrogens is 483 g/mol. The summed E-state index contributed by atoms with van der Waals surface area (Å²) in [6, 6.07) is 7.95. The van der Waals surface area contributed by atoms with Crippen molar-refractivity contribution in [2.75, 3.05) is 48.0 Å². The summed E-state index contributed by atoms with van der Waals surface area (Å²) in [6.07, 6.45) is 4.06. The van der Waals surface area contributed by atoms with Crippen LogP contribution in [0.25, 0.3) is 0 Å². The van der Waals surface area contributed by atoms with E-state index in [0.29, 0.717) is 32.3 Å². The minimum atomic E-state index is -0.317. The van der Waals surface area contributed by atoms with Crippen molar-refractivity contribution >= 4 is 35.8 Å². The number of nitrogens with one attached hydrogen (secondary N) is 2. The van der Waals surface area contributed by atoms with Gasteiger partial charge in [-0.1, -0.05) is 25.0 Å². The molecule has 0 saturated heterocycles. The molecule has 0 radical (unpaired) electrons. The number of benzene rings is 1. The van der Waals surface area contributed by atoms with E-state index >= 15 is 0 Å². The second kappa shape index (κ2) is 12.9. The Hall–Kier alpha value is -1.55. The fraction of sp³-hybridized carbons (Fsp3) is 0.619. The number of carbonyl (C=O) groups excluding carboxylic acids is 1. The van der Waals surface area contributed by atoms with Crippen LogP contribution in [-0.2, 0) is 16.1 Å². The maximum absolute atomic E-state index is 12.7. The molecule has 2 rings (SSSR count). The lowest BCUT2D eigenvalue weighted by Crippen LogP contribution is -2.49. The van der Waals surface area contributed by atoms with E-state index in [1.165, 1.54) is 0 Å². The topological polar surface area (TPSA) is 75.2 Å². The van der Waals surface area contributed by atoms with Crippen LogP contribution in [0.3, 0.4) is 0 Å². The summed E-state index contributed by atoms with van der Waals surface area (Å²) >= 11 is 0. The van der Waals surface area contributed by atoms with Crippen molar-refractivity contribution in [2.45, 2.75) is 32.2 Å². The van der Waals surface area contributed by atoms with E-state index in [1.807, 2.05) is 38.4 Å². The zero-order chi connectivity index (χ0) is 20.4. The summed E-state index contributed by atoms with van der Waals surface area (Å²) in [5, 5.41) is 6.68. The van der Waals surface area contributed by atoms with E-state index in [4.69, 9.17) is 9.47 Å². The third-order valence-electron chi connectivity index (χ3n) is 5.18. The number of aliphatic imine (C=N–C) groups is 1. The van der Waals surface area contributed by atoms with Crippen molar-refractivity contribution in [2.24, 2.45) is 10.4 Å². The van der Waals surface area contributed by atoms with Gasteiger partial charge in [-0.15, -0.1) is 24.0 Å². The van der Waals surface area contributed by atoms with Crippen LogP contribution in [0.1, 0.15) is 31.2 Å². The van der Waals surface area contributed by atoms with Crippen molar-refractivity contribution in [3.63, 3.8) is 0 Å². The number of methoxy groups -OCH3 is 1. The molecule has 2 N–H and O–H groups in total. The van der Waals surface area contributed by atoms with Crippen LogP contribution < -0.4 is 15.4 Å². The molecule has 7 nitrogen and oxygen atoms in total. The molecule has 164 valence electrons. The van der Waals surface area contributed by atoms with E-state index in [9.17, 15) is 4.79 Å². The fourth-order valence-electron chi connectivity index (χ4n) is 3.60. The largest absolute Gasteiger partial charge is 0.491 e. The second-order valence-corrected chi connectivity index (χ2v) is 7.45. The van der Waals surface area contributed by atoms with Crippen LogP contribution in [0.15, 0.2) is 29.3 Å². The number of rotatable bonds is 9. The number of amides is 1. The Balaban J connectivity index is 0.00000420. The lowest BCUT2D eigenvalue weighted by molar-refractivity contribution is -0.138. The number of guanidine groups is 1. The highest BCUT2D eigenvalue weighted by Crippen LogP contribution is 2.38. The summed E-state index contributed by atoms with van der Waals surface area (Å²) in [5.74, 6) is 1.74. The molecular formula is C21H35IN4O3. The maximum Gasteiger partial charge on any atom is 0.230 e. The van der Waals surface area contributed by atoms with Crippen LogP contribution in [0.4, 0.5) is 0 Å². The molecule has 29 heavy (non-hydrogen) atoms. The van der Waals surface area contributed by atoms with Crippen molar-refractivity contribution in [1.82, 2.24) is 15.5 Å². The van der Waals surface area contributed by atoms with E-state index < -0.39 is 0 Å². The molecule has 0 unspecified atom stereocenters. The van der Waals surface area contributed by atoms with E-state index in [-0.39, 0.29) is 35.3 Å². The molecule has 1 aromatic rings. The highest BCUT2D eigenvalue weighted by molar-refractivity contribution is 14.0. The Morgan fingerprint density at radius 2 is 1.79 bits per heavy atom. The van der Waals surface area contributed by atoms with Gasteiger partial charge in [0.15, 0.2) is 5.96 Å². The summed E-state index contributed by atoms with van der Waals surface area (Å²) in [5.41, 5.74) is 0.810. The van der Waals surface area contributed by atoms with Gasteiger partial charge < -0.3 is 25.0 Å². The zero-order valence-electron chi connectivity index (χ0n) is 18.0. The minimum absolute atomic E-state index is 0. The van der Waals surface area contributed by atoms with E-state index in [1.54, 1.807) is 19.1 Å². The highest BCUT2D eigenvalue weighted by Gasteiger charge is 2.42. The molecule has 1 aliphatic rings. The molecule has 0 spiro atoms. The zero-order valence-corrected chi connectivity index (χ0v) is 20.3. The van der Waals surface area contributed by atoms with Crippen LogP contribution >= 0.6 is 24.0 Å². The van der Waals surface area contributed by atoms with Crippen LogP contribution in [0.5, 0.6) is 5.75 Å². The number of hydrogen-bond donors (Lipinski definition) is 2. The number of hydrogen-bond acceptors (Lipinski definition) is 4. The van der Waals surface area contributed by atoms with Gasteiger partial charge in [0.1, 0.15) is 12.4 Å². The molecule has 1 amide bonds. The molecule has 8 heteroatoms. The molecule has 0 bridgehead atoms. The number of carbonyl (C=O) groups is 1. The Labute approximate surface area is 191 Å². The van der Waals surface area contributed by atoms with Gasteiger partial charge in [-0.2, -0.15) is 0 Å². The molecule has 0 atom stereocenters. The van der Waals surface area contributed by atoms with Gasteiger partial charge >= 0.3 is 0 Å². The lowest BCUT2D eigenvalue weighted by Gasteiger charge is -2.31. The van der Waals surface area contributed by atoms with Crippen molar-refractivity contribution in [3.05, 3.63) is 29.8 Å². The van der Waals surface area contributed by atoms with Gasteiger partial charge in [-0.3, -0.25) is 9.79 Å². The van der Waals surface area contributed by atoms with Crippen LogP contribution in [-0.4, -0.2) is 64.8 Å². The third-order valence-corrected chi connectivity index (χ3v) is 5.18. The van der Waals surface area contributed by atoms with Gasteiger partial charge in [0, 0.05) is 41.3 Å². The predicted octanol–water partition coefficient (Wildman–Crippen LogP) is 2.64. The second-order valence-electron chi connectivity index (χ2n) is 7.45. The minimum Gasteiger partial charge on any atom is -0.491 e. The molecule has 0 aliphatic heterocycles. The van der Waals surface area contributed by atoms with Crippen molar-refractivity contribution in [1.29, 1.82) is 0 Å². The maximum atomic E-state index is 12.7. The number of halogens is 1. The van der Waals surface area contributed by atoms with Crippen LogP contribution in [0.2, 0.25) is 0 Å². The summed E-state index contributed by atoms with van der Waals surface area (Å²) < 4.78 is 10.6. The summed E-state index contributed by atoms with van der Waals surface area (Å²) in [4.78, 5) is 18.7. The van der Waals surface area contributed by atoms with Crippen molar-refractivity contribution < 1.29 is 14.3 Å². The molecule has 0 aromatic heterocycles. The first kappa shape index (κ1) is 25.5. The van der Waals surface area contributed by atoms with Gasteiger partial charge in [-0.25, -0.2) is 0 Å². The average Bonchev–Trinajstić information content (AvgIpc) is 3.18. The third kappa shape index (κ3) is 7.65. The summed E-state index contributed by atoms with van der Waals surface area (Å²) in [7, 11) is 7.07. The Morgan fingerprint density at radius 1 is 1.14 bits per heavy atom.